The number of sulfonamides is 1. The number of nitrogens with zero attached hydrogens (tertiary/aromatic N) is 1. The second-order valence-electron chi connectivity index (χ2n) is 5.81. The summed E-state index contributed by atoms with van der Waals surface area (Å²) in [6, 6.07) is 6.04. The number of benzene rings is 1. The van der Waals surface area contributed by atoms with Crippen molar-refractivity contribution in [2.45, 2.75) is 36.6 Å². The van der Waals surface area contributed by atoms with E-state index in [-0.39, 0.29) is 22.7 Å². The Kier molecular flexibility index (Phi) is 4.96. The molecule has 0 radical (unpaired) electrons. The van der Waals surface area contributed by atoms with Gasteiger partial charge in [0, 0.05) is 31.4 Å². The van der Waals surface area contributed by atoms with Gasteiger partial charge in [-0.1, -0.05) is 12.1 Å². The Morgan fingerprint density at radius 1 is 1.14 bits per heavy atom. The molecule has 1 aromatic carbocycles. The topological polar surface area (TPSA) is 83.6 Å². The third-order valence-electron chi connectivity index (χ3n) is 3.94. The number of hydrogen-bond donors (Lipinski definition) is 1. The van der Waals surface area contributed by atoms with Crippen molar-refractivity contribution in [3.63, 3.8) is 0 Å². The lowest BCUT2D eigenvalue weighted by Gasteiger charge is -2.37. The van der Waals surface area contributed by atoms with Gasteiger partial charge in [0.25, 0.3) is 0 Å². The van der Waals surface area contributed by atoms with Gasteiger partial charge in [-0.25, -0.2) is 16.8 Å². The van der Waals surface area contributed by atoms with Gasteiger partial charge in [0.1, 0.15) is 0 Å². The van der Waals surface area contributed by atoms with Crippen LogP contribution < -0.4 is 5.32 Å². The van der Waals surface area contributed by atoms with Crippen LogP contribution in [0.1, 0.15) is 19.4 Å². The van der Waals surface area contributed by atoms with Crippen LogP contribution in [0.2, 0.25) is 0 Å². The molecular weight excluding hydrogens is 324 g/mol. The van der Waals surface area contributed by atoms with Gasteiger partial charge in [-0.05, 0) is 31.5 Å². The summed E-state index contributed by atoms with van der Waals surface area (Å²) in [5, 5.41) is 3.25. The largest absolute Gasteiger partial charge is 0.311 e. The zero-order chi connectivity index (χ0) is 16.5. The summed E-state index contributed by atoms with van der Waals surface area (Å²) in [4.78, 5) is 0.200. The van der Waals surface area contributed by atoms with Gasteiger partial charge in [0.15, 0.2) is 9.84 Å². The van der Waals surface area contributed by atoms with Gasteiger partial charge in [0.05, 0.1) is 10.6 Å². The highest BCUT2D eigenvalue weighted by atomic mass is 32.2. The van der Waals surface area contributed by atoms with E-state index in [4.69, 9.17) is 0 Å². The maximum atomic E-state index is 12.7. The molecule has 2 rings (SSSR count). The van der Waals surface area contributed by atoms with E-state index in [1.165, 1.54) is 16.4 Å². The zero-order valence-corrected chi connectivity index (χ0v) is 14.6. The van der Waals surface area contributed by atoms with Crippen molar-refractivity contribution in [1.29, 1.82) is 0 Å². The standard InChI is InChI=1S/C14H22N2O4S2/c1-11-12(2)16(9-8-15-11)22(19,20)14-6-4-13(5-7-14)10-21(3,17)18/h4-7,11-12,15H,8-10H2,1-3H3. The second-order valence-corrected chi connectivity index (χ2v) is 9.84. The number of hydrogen-bond acceptors (Lipinski definition) is 5. The monoisotopic (exact) mass is 346 g/mol. The minimum Gasteiger partial charge on any atom is -0.311 e. The molecule has 124 valence electrons. The van der Waals surface area contributed by atoms with Crippen molar-refractivity contribution in [1.82, 2.24) is 9.62 Å². The fourth-order valence-electron chi connectivity index (χ4n) is 2.56. The lowest BCUT2D eigenvalue weighted by Crippen LogP contribution is -2.57. The predicted molar refractivity (Wildman–Crippen MR) is 85.8 cm³/mol. The third kappa shape index (κ3) is 3.87. The van der Waals surface area contributed by atoms with E-state index in [2.05, 4.69) is 5.32 Å². The Morgan fingerprint density at radius 3 is 2.27 bits per heavy atom. The number of sulfone groups is 1. The summed E-state index contributed by atoms with van der Waals surface area (Å²) >= 11 is 0. The number of rotatable bonds is 4. The molecule has 0 amide bonds. The number of nitrogens with one attached hydrogen (secondary N) is 1. The van der Waals surface area contributed by atoms with Crippen LogP contribution in [0.4, 0.5) is 0 Å². The van der Waals surface area contributed by atoms with Gasteiger partial charge < -0.3 is 5.32 Å². The SMILES string of the molecule is CC1NCCN(S(=O)(=O)c2ccc(CS(C)(=O)=O)cc2)C1C. The van der Waals surface area contributed by atoms with Gasteiger partial charge in [-0.15, -0.1) is 0 Å². The molecule has 1 fully saturated rings. The summed E-state index contributed by atoms with van der Waals surface area (Å²) in [7, 11) is -6.69. The Bertz CT molecular complexity index is 727. The van der Waals surface area contributed by atoms with Crippen LogP contribution in [0.5, 0.6) is 0 Å². The minimum absolute atomic E-state index is 0.0889. The molecule has 2 atom stereocenters. The molecule has 1 saturated heterocycles. The van der Waals surface area contributed by atoms with Crippen molar-refractivity contribution in [2.75, 3.05) is 19.3 Å². The molecule has 1 N–H and O–H groups in total. The summed E-state index contributed by atoms with van der Waals surface area (Å²) in [5.74, 6) is -0.0889. The first-order valence-corrected chi connectivity index (χ1v) is 10.6. The van der Waals surface area contributed by atoms with Crippen LogP contribution >= 0.6 is 0 Å². The van der Waals surface area contributed by atoms with E-state index in [9.17, 15) is 16.8 Å². The van der Waals surface area contributed by atoms with E-state index < -0.39 is 19.9 Å². The Hall–Kier alpha value is -0.960. The molecule has 6 nitrogen and oxygen atoms in total. The van der Waals surface area contributed by atoms with Gasteiger partial charge >= 0.3 is 0 Å². The maximum absolute atomic E-state index is 12.7. The first-order chi connectivity index (χ1) is 10.1. The number of piperazine rings is 1. The van der Waals surface area contributed by atoms with Gasteiger partial charge in [-0.2, -0.15) is 4.31 Å². The molecule has 0 spiro atoms. The lowest BCUT2D eigenvalue weighted by molar-refractivity contribution is 0.233. The summed E-state index contributed by atoms with van der Waals surface area (Å²) < 4.78 is 49.5. The molecule has 22 heavy (non-hydrogen) atoms. The fraction of sp³-hybridized carbons (Fsp3) is 0.571. The first kappa shape index (κ1) is 17.4. The van der Waals surface area contributed by atoms with E-state index in [1.54, 1.807) is 12.1 Å². The molecule has 0 aliphatic carbocycles. The van der Waals surface area contributed by atoms with Gasteiger partial charge in [0.2, 0.25) is 10.0 Å². The average molecular weight is 346 g/mol. The van der Waals surface area contributed by atoms with E-state index in [0.717, 1.165) is 6.26 Å². The zero-order valence-electron chi connectivity index (χ0n) is 13.0. The molecular formula is C14H22N2O4S2. The van der Waals surface area contributed by atoms with E-state index >= 15 is 0 Å². The Morgan fingerprint density at radius 2 is 1.73 bits per heavy atom. The molecule has 0 aromatic heterocycles. The van der Waals surface area contributed by atoms with Crippen LogP contribution in [0.15, 0.2) is 29.2 Å². The Balaban J connectivity index is 2.26. The highest BCUT2D eigenvalue weighted by Crippen LogP contribution is 2.22. The predicted octanol–water partition coefficient (Wildman–Crippen LogP) is 0.602. The minimum atomic E-state index is -3.56. The maximum Gasteiger partial charge on any atom is 0.243 e. The highest BCUT2D eigenvalue weighted by molar-refractivity contribution is 7.90. The first-order valence-electron chi connectivity index (χ1n) is 7.13. The van der Waals surface area contributed by atoms with Gasteiger partial charge in [-0.3, -0.25) is 0 Å². The summed E-state index contributed by atoms with van der Waals surface area (Å²) in [6.07, 6.45) is 1.15. The van der Waals surface area contributed by atoms with Crippen molar-refractivity contribution in [3.8, 4) is 0 Å². The molecule has 1 aliphatic heterocycles. The van der Waals surface area contributed by atoms with E-state index in [1.807, 2.05) is 13.8 Å². The van der Waals surface area contributed by atoms with Crippen LogP contribution in [0.25, 0.3) is 0 Å². The van der Waals surface area contributed by atoms with Crippen molar-refractivity contribution in [3.05, 3.63) is 29.8 Å². The molecule has 0 saturated carbocycles. The van der Waals surface area contributed by atoms with Crippen molar-refractivity contribution >= 4 is 19.9 Å². The Labute approximate surface area is 132 Å². The lowest BCUT2D eigenvalue weighted by atomic mass is 10.1. The second kappa shape index (κ2) is 6.27. The molecule has 1 heterocycles. The fourth-order valence-corrected chi connectivity index (χ4v) is 5.06. The summed E-state index contributed by atoms with van der Waals surface area (Å²) in [6.45, 7) is 4.89. The smallest absolute Gasteiger partial charge is 0.243 e. The van der Waals surface area contributed by atoms with Crippen molar-refractivity contribution in [2.24, 2.45) is 0 Å². The van der Waals surface area contributed by atoms with E-state index in [0.29, 0.717) is 18.7 Å². The average Bonchev–Trinajstić information content (AvgIpc) is 2.40. The molecule has 1 aromatic rings. The summed E-state index contributed by atoms with van der Waals surface area (Å²) in [5.41, 5.74) is 0.586. The van der Waals surface area contributed by atoms with Crippen LogP contribution in [0, 0.1) is 0 Å². The van der Waals surface area contributed by atoms with Crippen LogP contribution in [-0.4, -0.2) is 52.6 Å². The molecule has 1 aliphatic rings. The highest BCUT2D eigenvalue weighted by Gasteiger charge is 2.34. The molecule has 8 heteroatoms. The van der Waals surface area contributed by atoms with Crippen LogP contribution in [-0.2, 0) is 25.6 Å². The van der Waals surface area contributed by atoms with Crippen molar-refractivity contribution < 1.29 is 16.8 Å². The molecule has 0 bridgehead atoms. The quantitative estimate of drug-likeness (QED) is 0.863. The van der Waals surface area contributed by atoms with Crippen LogP contribution in [0.3, 0.4) is 0 Å². The molecule has 2 unspecified atom stereocenters. The third-order valence-corrected chi connectivity index (χ3v) is 6.79. The normalized spacial score (nSPS) is 24.3.